The predicted molar refractivity (Wildman–Crippen MR) is 156 cm³/mol. The van der Waals surface area contributed by atoms with Crippen molar-refractivity contribution in [3.8, 4) is 5.13 Å². The van der Waals surface area contributed by atoms with Gasteiger partial charge < -0.3 is 9.80 Å². The van der Waals surface area contributed by atoms with Crippen molar-refractivity contribution in [2.75, 3.05) is 18.0 Å². The van der Waals surface area contributed by atoms with Crippen LogP contribution in [0.2, 0.25) is 0 Å². The summed E-state index contributed by atoms with van der Waals surface area (Å²) in [4.78, 5) is 26.1. The zero-order valence-corrected chi connectivity index (χ0v) is 25.5. The number of carbonyl (C=O) groups excluding carboxylic acids is 1. The molecular weight excluding hydrogens is 586 g/mol. The molecule has 11 nitrogen and oxygen atoms in total. The third-order valence-corrected chi connectivity index (χ3v) is 10.6. The number of rotatable bonds is 7. The monoisotopic (exact) mass is 618 g/mol. The predicted octanol–water partition coefficient (Wildman–Crippen LogP) is 4.28. The highest BCUT2D eigenvalue weighted by Crippen LogP contribution is 2.40. The van der Waals surface area contributed by atoms with Gasteiger partial charge >= 0.3 is 0 Å². The molecule has 1 N–H and O–H groups in total. The van der Waals surface area contributed by atoms with E-state index in [2.05, 4.69) is 29.8 Å². The lowest BCUT2D eigenvalue weighted by Crippen LogP contribution is -2.59. The van der Waals surface area contributed by atoms with Gasteiger partial charge in [-0.25, -0.2) is 31.9 Å². The number of sulfonamides is 1. The SMILES string of the molecule is CC(C)C(=O)N1C[C@@H](C)N(c2ncnc3c2c2ccc(S(=O)(=O)NC4(C)CC4)cc2n3-c2nnc(C(F)F)s2)C[C@@H]1C. The van der Waals surface area contributed by atoms with Gasteiger partial charge in [-0.3, -0.25) is 9.36 Å². The molecule has 4 aromatic rings. The van der Waals surface area contributed by atoms with Crippen molar-refractivity contribution in [1.82, 2.24) is 34.4 Å². The van der Waals surface area contributed by atoms with Crippen LogP contribution in [0.5, 0.6) is 0 Å². The normalized spacial score (nSPS) is 20.8. The van der Waals surface area contributed by atoms with Gasteiger partial charge in [-0.1, -0.05) is 31.3 Å². The van der Waals surface area contributed by atoms with Gasteiger partial charge in [0.2, 0.25) is 21.1 Å². The van der Waals surface area contributed by atoms with Crippen LogP contribution in [0, 0.1) is 5.92 Å². The molecule has 0 radical (unpaired) electrons. The largest absolute Gasteiger partial charge is 0.349 e. The molecule has 224 valence electrons. The van der Waals surface area contributed by atoms with Gasteiger partial charge in [0.1, 0.15) is 12.1 Å². The van der Waals surface area contributed by atoms with Gasteiger partial charge in [0.25, 0.3) is 6.43 Å². The topological polar surface area (TPSA) is 126 Å². The van der Waals surface area contributed by atoms with E-state index >= 15 is 0 Å². The Bertz CT molecular complexity index is 1800. The Labute approximate surface area is 246 Å². The Morgan fingerprint density at radius 1 is 1.12 bits per heavy atom. The van der Waals surface area contributed by atoms with E-state index in [1.807, 2.05) is 39.5 Å². The zero-order valence-electron chi connectivity index (χ0n) is 23.9. The molecule has 3 aromatic heterocycles. The molecule has 2 fully saturated rings. The molecule has 4 heterocycles. The van der Waals surface area contributed by atoms with E-state index in [-0.39, 0.29) is 33.9 Å². The van der Waals surface area contributed by atoms with Crippen molar-refractivity contribution in [3.05, 3.63) is 29.5 Å². The summed E-state index contributed by atoms with van der Waals surface area (Å²) in [5, 5.41) is 8.66. The van der Waals surface area contributed by atoms with Gasteiger partial charge in [0.05, 0.1) is 15.8 Å². The van der Waals surface area contributed by atoms with Crippen LogP contribution in [0.3, 0.4) is 0 Å². The Balaban J connectivity index is 1.53. The first kappa shape index (κ1) is 28.8. The first-order chi connectivity index (χ1) is 19.8. The van der Waals surface area contributed by atoms with Crippen molar-refractivity contribution >= 4 is 55.0 Å². The first-order valence-electron chi connectivity index (χ1n) is 13.8. The maximum absolute atomic E-state index is 13.5. The summed E-state index contributed by atoms with van der Waals surface area (Å²) in [6.45, 7) is 10.7. The summed E-state index contributed by atoms with van der Waals surface area (Å²) in [5.41, 5.74) is 0.349. The maximum Gasteiger partial charge on any atom is 0.291 e. The second kappa shape index (κ2) is 10.2. The van der Waals surface area contributed by atoms with Gasteiger partial charge in [-0.15, -0.1) is 10.2 Å². The minimum absolute atomic E-state index is 0.0445. The van der Waals surface area contributed by atoms with E-state index in [1.165, 1.54) is 18.5 Å². The molecular formula is C27H32F2N8O3S2. The highest BCUT2D eigenvalue weighted by Gasteiger charge is 2.41. The molecule has 42 heavy (non-hydrogen) atoms. The Kier molecular flexibility index (Phi) is 6.97. The molecule has 2 aliphatic rings. The van der Waals surface area contributed by atoms with Gasteiger partial charge in [-0.2, -0.15) is 0 Å². The molecule has 1 aliphatic heterocycles. The van der Waals surface area contributed by atoms with Crippen LogP contribution in [-0.4, -0.2) is 74.7 Å². The number of benzene rings is 1. The molecule has 15 heteroatoms. The van der Waals surface area contributed by atoms with E-state index in [1.54, 1.807) is 10.6 Å². The molecule has 6 rings (SSSR count). The van der Waals surface area contributed by atoms with Gasteiger partial charge in [0, 0.05) is 42.0 Å². The fourth-order valence-electron chi connectivity index (χ4n) is 5.52. The summed E-state index contributed by atoms with van der Waals surface area (Å²) in [5.74, 6) is 0.576. The van der Waals surface area contributed by atoms with E-state index < -0.39 is 27.0 Å². The van der Waals surface area contributed by atoms with Crippen molar-refractivity contribution in [1.29, 1.82) is 0 Å². The van der Waals surface area contributed by atoms with E-state index in [9.17, 15) is 22.0 Å². The number of nitrogens with one attached hydrogen (secondary N) is 1. The zero-order chi connectivity index (χ0) is 30.1. The average Bonchev–Trinajstić information content (AvgIpc) is 3.32. The van der Waals surface area contributed by atoms with Crippen LogP contribution < -0.4 is 9.62 Å². The fraction of sp³-hybridized carbons (Fsp3) is 0.519. The molecule has 1 saturated heterocycles. The number of hydrogen-bond donors (Lipinski definition) is 1. The lowest BCUT2D eigenvalue weighted by molar-refractivity contribution is -0.137. The van der Waals surface area contributed by atoms with Crippen LogP contribution in [0.1, 0.15) is 58.9 Å². The molecule has 0 bridgehead atoms. The lowest BCUT2D eigenvalue weighted by Gasteiger charge is -2.45. The number of halogens is 2. The molecule has 0 spiro atoms. The second-order valence-corrected chi connectivity index (χ2v) is 14.5. The number of carbonyl (C=O) groups is 1. The molecule has 1 saturated carbocycles. The number of amides is 1. The number of piperazine rings is 1. The summed E-state index contributed by atoms with van der Waals surface area (Å²) >= 11 is 0.718. The molecule has 1 amide bonds. The van der Waals surface area contributed by atoms with Crippen LogP contribution in [0.15, 0.2) is 29.4 Å². The van der Waals surface area contributed by atoms with Gasteiger partial charge in [-0.05, 0) is 45.7 Å². The van der Waals surface area contributed by atoms with Crippen LogP contribution >= 0.6 is 11.3 Å². The van der Waals surface area contributed by atoms with Crippen LogP contribution in [0.25, 0.3) is 27.1 Å². The highest BCUT2D eigenvalue weighted by molar-refractivity contribution is 7.89. The van der Waals surface area contributed by atoms with Crippen molar-refractivity contribution in [2.24, 2.45) is 5.92 Å². The smallest absolute Gasteiger partial charge is 0.291 e. The fourth-order valence-corrected chi connectivity index (χ4v) is 7.72. The summed E-state index contributed by atoms with van der Waals surface area (Å²) in [7, 11) is -3.86. The quantitative estimate of drug-likeness (QED) is 0.326. The summed E-state index contributed by atoms with van der Waals surface area (Å²) in [6, 6.07) is 4.58. The number of hydrogen-bond acceptors (Lipinski definition) is 9. The third kappa shape index (κ3) is 4.90. The molecule has 0 unspecified atom stereocenters. The Morgan fingerprint density at radius 2 is 1.86 bits per heavy atom. The Morgan fingerprint density at radius 3 is 2.50 bits per heavy atom. The van der Waals surface area contributed by atoms with Crippen LogP contribution in [0.4, 0.5) is 14.6 Å². The first-order valence-corrected chi connectivity index (χ1v) is 16.1. The molecule has 1 aliphatic carbocycles. The second-order valence-electron chi connectivity index (χ2n) is 11.8. The van der Waals surface area contributed by atoms with E-state index in [0.29, 0.717) is 40.8 Å². The standard InChI is InChI=1S/C27H32F2N8O3S2/c1-14(2)25(38)36-12-15(3)35(11-16(36)4)22-20-18-7-6-17(42(39,40)34-27(5)8-9-27)10-19(18)37(23(20)31-13-30-22)26-33-32-24(41-26)21(28)29/h6-7,10,13-16,21,34H,8-9,11-12H2,1-5H3/t15-,16+/m1/s1. The number of anilines is 1. The van der Waals surface area contributed by atoms with Crippen LogP contribution in [-0.2, 0) is 14.8 Å². The number of fused-ring (bicyclic) bond motifs is 3. The average molecular weight is 619 g/mol. The van der Waals surface area contributed by atoms with Crippen molar-refractivity contribution in [2.45, 2.75) is 76.4 Å². The highest BCUT2D eigenvalue weighted by atomic mass is 32.2. The summed E-state index contributed by atoms with van der Waals surface area (Å²) in [6.07, 6.45) is 0.0996. The van der Waals surface area contributed by atoms with Crippen molar-refractivity contribution in [3.63, 3.8) is 0 Å². The number of alkyl halides is 2. The molecule has 1 aromatic carbocycles. The summed E-state index contributed by atoms with van der Waals surface area (Å²) < 4.78 is 58.0. The minimum Gasteiger partial charge on any atom is -0.349 e. The minimum atomic E-state index is -3.86. The maximum atomic E-state index is 13.5. The lowest BCUT2D eigenvalue weighted by atomic mass is 10.0. The third-order valence-electron chi connectivity index (χ3n) is 8.03. The van der Waals surface area contributed by atoms with E-state index in [4.69, 9.17) is 0 Å². The number of nitrogens with zero attached hydrogens (tertiary/aromatic N) is 7. The Hall–Kier alpha value is -3.30. The van der Waals surface area contributed by atoms with E-state index in [0.717, 1.165) is 24.2 Å². The van der Waals surface area contributed by atoms with Crippen molar-refractivity contribution < 1.29 is 22.0 Å². The molecule has 2 atom stereocenters. The number of aromatic nitrogens is 5. The van der Waals surface area contributed by atoms with Gasteiger partial charge in [0.15, 0.2) is 10.7 Å².